The van der Waals surface area contributed by atoms with Gasteiger partial charge in [0.25, 0.3) is 0 Å². The second kappa shape index (κ2) is 6.52. The van der Waals surface area contributed by atoms with Crippen LogP contribution in [0.4, 0.5) is 0 Å². The molecule has 0 saturated heterocycles. The van der Waals surface area contributed by atoms with Crippen molar-refractivity contribution < 1.29 is 9.90 Å². The molecular formula is C23H19NO2. The molecule has 0 spiro atoms. The quantitative estimate of drug-likeness (QED) is 0.530. The maximum atomic E-state index is 10.9. The molecular weight excluding hydrogens is 322 g/mol. The van der Waals surface area contributed by atoms with E-state index in [2.05, 4.69) is 53.2 Å². The highest BCUT2D eigenvalue weighted by Crippen LogP contribution is 2.28. The average molecular weight is 341 g/mol. The largest absolute Gasteiger partial charge is 0.478 e. The van der Waals surface area contributed by atoms with Gasteiger partial charge in [-0.05, 0) is 46.0 Å². The Morgan fingerprint density at radius 2 is 1.85 bits per heavy atom. The number of hydrogen-bond acceptors (Lipinski definition) is 1. The van der Waals surface area contributed by atoms with Gasteiger partial charge in [-0.2, -0.15) is 0 Å². The molecule has 4 rings (SSSR count). The van der Waals surface area contributed by atoms with Crippen molar-refractivity contribution in [2.45, 2.75) is 6.42 Å². The SMILES string of the molecule is Cn1cc(Cc2ccc3ccccc3c2)c2c(/C=C/C(=O)O)cccc21. The second-order valence-corrected chi connectivity index (χ2v) is 6.54. The maximum absolute atomic E-state index is 10.9. The van der Waals surface area contributed by atoms with Crippen LogP contribution in [0.1, 0.15) is 16.7 Å². The van der Waals surface area contributed by atoms with Crippen molar-refractivity contribution in [3.63, 3.8) is 0 Å². The number of aromatic nitrogens is 1. The summed E-state index contributed by atoms with van der Waals surface area (Å²) in [6.07, 6.45) is 5.81. The van der Waals surface area contributed by atoms with Crippen LogP contribution in [0.2, 0.25) is 0 Å². The monoisotopic (exact) mass is 341 g/mol. The predicted octanol–water partition coefficient (Wildman–Crippen LogP) is 5.02. The highest BCUT2D eigenvalue weighted by Gasteiger charge is 2.11. The first-order chi connectivity index (χ1) is 12.6. The molecule has 0 aliphatic rings. The van der Waals surface area contributed by atoms with Gasteiger partial charge in [0.1, 0.15) is 0 Å². The lowest BCUT2D eigenvalue weighted by Gasteiger charge is -2.05. The number of aliphatic carboxylic acids is 1. The normalized spacial score (nSPS) is 11.6. The number of nitrogens with zero attached hydrogens (tertiary/aromatic N) is 1. The van der Waals surface area contributed by atoms with Gasteiger partial charge in [0.15, 0.2) is 0 Å². The fourth-order valence-corrected chi connectivity index (χ4v) is 3.57. The molecule has 3 nitrogen and oxygen atoms in total. The van der Waals surface area contributed by atoms with E-state index in [1.165, 1.54) is 28.0 Å². The molecule has 1 heterocycles. The van der Waals surface area contributed by atoms with E-state index in [0.29, 0.717) is 0 Å². The lowest BCUT2D eigenvalue weighted by atomic mass is 9.98. The fourth-order valence-electron chi connectivity index (χ4n) is 3.57. The fraction of sp³-hybridized carbons (Fsp3) is 0.0870. The molecule has 0 radical (unpaired) electrons. The van der Waals surface area contributed by atoms with Crippen LogP contribution < -0.4 is 0 Å². The molecule has 0 fully saturated rings. The topological polar surface area (TPSA) is 42.2 Å². The minimum atomic E-state index is -0.936. The van der Waals surface area contributed by atoms with Crippen molar-refractivity contribution in [3.05, 3.63) is 89.6 Å². The zero-order valence-electron chi connectivity index (χ0n) is 14.5. The molecule has 1 N–H and O–H groups in total. The van der Waals surface area contributed by atoms with Crippen LogP contribution >= 0.6 is 0 Å². The molecule has 128 valence electrons. The Hall–Kier alpha value is -3.33. The Balaban J connectivity index is 1.81. The molecule has 0 aliphatic heterocycles. The van der Waals surface area contributed by atoms with Crippen molar-refractivity contribution in [2.75, 3.05) is 0 Å². The third kappa shape index (κ3) is 3.00. The summed E-state index contributed by atoms with van der Waals surface area (Å²) in [7, 11) is 2.02. The van der Waals surface area contributed by atoms with E-state index in [1.807, 2.05) is 25.2 Å². The van der Waals surface area contributed by atoms with E-state index in [4.69, 9.17) is 5.11 Å². The van der Waals surface area contributed by atoms with Gasteiger partial charge >= 0.3 is 5.97 Å². The summed E-state index contributed by atoms with van der Waals surface area (Å²) in [6, 6.07) is 20.9. The number of benzene rings is 3. The van der Waals surface area contributed by atoms with E-state index in [9.17, 15) is 4.79 Å². The number of fused-ring (bicyclic) bond motifs is 2. The van der Waals surface area contributed by atoms with Crippen molar-refractivity contribution in [2.24, 2.45) is 7.05 Å². The standard InChI is InChI=1S/C23H19NO2/c1-24-15-20(14-16-9-10-17-5-2-3-6-19(17)13-16)23-18(11-12-22(25)26)7-4-8-21(23)24/h2-13,15H,14H2,1H3,(H,25,26)/b12-11+. The van der Waals surface area contributed by atoms with Gasteiger partial charge in [0.05, 0.1) is 0 Å². The first-order valence-electron chi connectivity index (χ1n) is 8.57. The summed E-state index contributed by atoms with van der Waals surface area (Å²) >= 11 is 0. The number of hydrogen-bond donors (Lipinski definition) is 1. The van der Waals surface area contributed by atoms with Gasteiger partial charge in [0, 0.05) is 30.2 Å². The van der Waals surface area contributed by atoms with Crippen LogP contribution in [0.3, 0.4) is 0 Å². The highest BCUT2D eigenvalue weighted by atomic mass is 16.4. The Bertz CT molecular complexity index is 1150. The Kier molecular flexibility index (Phi) is 4.05. The predicted molar refractivity (Wildman–Crippen MR) is 106 cm³/mol. The smallest absolute Gasteiger partial charge is 0.328 e. The summed E-state index contributed by atoms with van der Waals surface area (Å²) < 4.78 is 2.10. The van der Waals surface area contributed by atoms with Gasteiger partial charge in [-0.25, -0.2) is 4.79 Å². The van der Waals surface area contributed by atoms with Gasteiger partial charge in [-0.15, -0.1) is 0 Å². The van der Waals surface area contributed by atoms with Crippen LogP contribution in [0.25, 0.3) is 27.8 Å². The van der Waals surface area contributed by atoms with Gasteiger partial charge in [-0.3, -0.25) is 0 Å². The highest BCUT2D eigenvalue weighted by molar-refractivity contribution is 5.95. The summed E-state index contributed by atoms with van der Waals surface area (Å²) in [5, 5.41) is 12.5. The second-order valence-electron chi connectivity index (χ2n) is 6.54. The molecule has 0 atom stereocenters. The molecule has 3 heteroatoms. The van der Waals surface area contributed by atoms with E-state index < -0.39 is 5.97 Å². The minimum absolute atomic E-state index is 0.806. The molecule has 0 unspecified atom stereocenters. The third-order valence-corrected chi connectivity index (χ3v) is 4.74. The van der Waals surface area contributed by atoms with Gasteiger partial charge in [-0.1, -0.05) is 54.6 Å². The summed E-state index contributed by atoms with van der Waals surface area (Å²) in [5.74, 6) is -0.936. The molecule has 0 amide bonds. The van der Waals surface area contributed by atoms with Crippen LogP contribution in [-0.4, -0.2) is 15.6 Å². The molecule has 0 saturated carbocycles. The number of carboxylic acid groups (broad SMARTS) is 1. The first-order valence-corrected chi connectivity index (χ1v) is 8.57. The molecule has 0 aliphatic carbocycles. The molecule has 1 aromatic heterocycles. The molecule has 26 heavy (non-hydrogen) atoms. The molecule has 3 aromatic carbocycles. The van der Waals surface area contributed by atoms with Crippen LogP contribution in [-0.2, 0) is 18.3 Å². The van der Waals surface area contributed by atoms with E-state index in [-0.39, 0.29) is 0 Å². The number of aryl methyl sites for hydroxylation is 1. The first kappa shape index (κ1) is 16.2. The number of carboxylic acids is 1. The minimum Gasteiger partial charge on any atom is -0.478 e. The molecule has 4 aromatic rings. The van der Waals surface area contributed by atoms with E-state index in [1.54, 1.807) is 6.08 Å². The van der Waals surface area contributed by atoms with Crippen LogP contribution in [0, 0.1) is 0 Å². The van der Waals surface area contributed by atoms with Crippen molar-refractivity contribution in [3.8, 4) is 0 Å². The van der Waals surface area contributed by atoms with Crippen LogP contribution in [0.15, 0.2) is 72.9 Å². The summed E-state index contributed by atoms with van der Waals surface area (Å²) in [6.45, 7) is 0. The summed E-state index contributed by atoms with van der Waals surface area (Å²) in [4.78, 5) is 10.9. The van der Waals surface area contributed by atoms with Gasteiger partial charge in [0.2, 0.25) is 0 Å². The molecule has 0 bridgehead atoms. The zero-order valence-corrected chi connectivity index (χ0v) is 14.5. The van der Waals surface area contributed by atoms with Crippen LogP contribution in [0.5, 0.6) is 0 Å². The Labute approximate surface area is 151 Å². The number of carbonyl (C=O) groups is 1. The van der Waals surface area contributed by atoms with Crippen molar-refractivity contribution in [1.82, 2.24) is 4.57 Å². The van der Waals surface area contributed by atoms with E-state index in [0.717, 1.165) is 22.9 Å². The average Bonchev–Trinajstić information content (AvgIpc) is 2.96. The lowest BCUT2D eigenvalue weighted by molar-refractivity contribution is -0.131. The van der Waals surface area contributed by atoms with Gasteiger partial charge < -0.3 is 9.67 Å². The lowest BCUT2D eigenvalue weighted by Crippen LogP contribution is -1.89. The summed E-state index contributed by atoms with van der Waals surface area (Å²) in [5.41, 5.74) is 4.48. The van der Waals surface area contributed by atoms with E-state index >= 15 is 0 Å². The Morgan fingerprint density at radius 3 is 2.65 bits per heavy atom. The van der Waals surface area contributed by atoms with Crippen molar-refractivity contribution in [1.29, 1.82) is 0 Å². The number of rotatable bonds is 4. The zero-order chi connectivity index (χ0) is 18.1. The Morgan fingerprint density at radius 1 is 1.04 bits per heavy atom. The maximum Gasteiger partial charge on any atom is 0.328 e. The van der Waals surface area contributed by atoms with Crippen molar-refractivity contribution >= 4 is 33.7 Å². The third-order valence-electron chi connectivity index (χ3n) is 4.74.